The first-order chi connectivity index (χ1) is 9.00. The Morgan fingerprint density at radius 1 is 1.26 bits per heavy atom. The van der Waals surface area contributed by atoms with Gasteiger partial charge in [-0.25, -0.2) is 0 Å². The minimum Gasteiger partial charge on any atom is -0.454 e. The van der Waals surface area contributed by atoms with Crippen molar-refractivity contribution < 1.29 is 14.3 Å². The monoisotopic (exact) mass is 262 g/mol. The molecule has 2 heterocycles. The molecule has 3 rings (SSSR count). The number of nitrogens with zero attached hydrogens (tertiary/aromatic N) is 2. The summed E-state index contributed by atoms with van der Waals surface area (Å²) >= 11 is 0. The zero-order valence-electron chi connectivity index (χ0n) is 11.6. The first-order valence-corrected chi connectivity index (χ1v) is 6.33. The number of hydrogen-bond donors (Lipinski definition) is 0. The summed E-state index contributed by atoms with van der Waals surface area (Å²) in [6.07, 6.45) is -0.215. The molecule has 0 spiro atoms. The molecule has 5 nitrogen and oxygen atoms in total. The van der Waals surface area contributed by atoms with Crippen LogP contribution in [0.4, 0.5) is 0 Å². The molecule has 5 heteroatoms. The molecule has 2 aliphatic heterocycles. The molecule has 102 valence electrons. The summed E-state index contributed by atoms with van der Waals surface area (Å²) in [5, 5.41) is 4.19. The van der Waals surface area contributed by atoms with E-state index in [-0.39, 0.29) is 18.6 Å². The largest absolute Gasteiger partial charge is 0.454 e. The van der Waals surface area contributed by atoms with Crippen LogP contribution in [0, 0.1) is 0 Å². The number of ether oxygens (including phenoxy) is 2. The van der Waals surface area contributed by atoms with Gasteiger partial charge in [0.25, 0.3) is 0 Å². The van der Waals surface area contributed by atoms with Crippen LogP contribution in [0.1, 0.15) is 32.6 Å². The molecule has 0 bridgehead atoms. The Kier molecular flexibility index (Phi) is 2.67. The van der Waals surface area contributed by atoms with Crippen molar-refractivity contribution in [1.82, 2.24) is 4.90 Å². The minimum absolute atomic E-state index is 0.140. The van der Waals surface area contributed by atoms with Crippen LogP contribution in [-0.4, -0.2) is 30.0 Å². The summed E-state index contributed by atoms with van der Waals surface area (Å²) in [5.74, 6) is 1.54. The van der Waals surface area contributed by atoms with Crippen LogP contribution in [0.5, 0.6) is 11.5 Å². The highest BCUT2D eigenvalue weighted by atomic mass is 16.7. The molecule has 0 aromatic heterocycles. The Balaban J connectivity index is 1.95. The summed E-state index contributed by atoms with van der Waals surface area (Å²) in [6, 6.07) is 5.85. The first kappa shape index (κ1) is 12.3. The minimum atomic E-state index is -0.215. The fraction of sp³-hybridized carbons (Fsp3) is 0.500. The van der Waals surface area contributed by atoms with E-state index < -0.39 is 0 Å². The second-order valence-electron chi connectivity index (χ2n) is 5.42. The number of rotatable bonds is 1. The van der Waals surface area contributed by atoms with Crippen molar-refractivity contribution in [2.75, 3.05) is 13.8 Å². The second-order valence-corrected chi connectivity index (χ2v) is 5.42. The van der Waals surface area contributed by atoms with E-state index in [1.54, 1.807) is 0 Å². The van der Waals surface area contributed by atoms with Crippen LogP contribution >= 0.6 is 0 Å². The van der Waals surface area contributed by atoms with E-state index in [1.807, 2.05) is 32.2 Å². The van der Waals surface area contributed by atoms with Crippen molar-refractivity contribution in [1.29, 1.82) is 0 Å². The van der Waals surface area contributed by atoms with Gasteiger partial charge < -0.3 is 14.3 Å². The molecule has 0 aliphatic carbocycles. The third-order valence-corrected chi connectivity index (χ3v) is 4.09. The van der Waals surface area contributed by atoms with Gasteiger partial charge in [0.15, 0.2) is 11.5 Å². The number of hydrogen-bond acceptors (Lipinski definition) is 5. The molecule has 0 saturated carbocycles. The van der Waals surface area contributed by atoms with Gasteiger partial charge in [0.05, 0.1) is 11.3 Å². The van der Waals surface area contributed by atoms with Gasteiger partial charge in [0.2, 0.25) is 13.0 Å². The Morgan fingerprint density at radius 2 is 2.00 bits per heavy atom. The molecule has 1 aromatic rings. The number of oxime groups is 1. The molecule has 2 aliphatic rings. The van der Waals surface area contributed by atoms with Crippen LogP contribution in [0.2, 0.25) is 0 Å². The zero-order valence-corrected chi connectivity index (χ0v) is 11.6. The zero-order chi connectivity index (χ0) is 13.6. The van der Waals surface area contributed by atoms with E-state index in [9.17, 15) is 0 Å². The third kappa shape index (κ3) is 1.85. The summed E-state index contributed by atoms with van der Waals surface area (Å²) < 4.78 is 10.7. The van der Waals surface area contributed by atoms with Crippen molar-refractivity contribution in [3.63, 3.8) is 0 Å². The summed E-state index contributed by atoms with van der Waals surface area (Å²) in [4.78, 5) is 7.76. The smallest absolute Gasteiger partial charge is 0.231 e. The molecular formula is C14H18N2O3. The lowest BCUT2D eigenvalue weighted by Gasteiger charge is -2.42. The number of benzene rings is 1. The van der Waals surface area contributed by atoms with Crippen molar-refractivity contribution in [2.24, 2.45) is 5.16 Å². The predicted molar refractivity (Wildman–Crippen MR) is 71.3 cm³/mol. The molecule has 0 saturated heterocycles. The van der Waals surface area contributed by atoms with Gasteiger partial charge in [0.1, 0.15) is 0 Å². The molecule has 1 atom stereocenters. The van der Waals surface area contributed by atoms with E-state index in [2.05, 4.69) is 23.9 Å². The fourth-order valence-electron chi connectivity index (χ4n) is 2.21. The van der Waals surface area contributed by atoms with Crippen LogP contribution < -0.4 is 9.47 Å². The van der Waals surface area contributed by atoms with Gasteiger partial charge >= 0.3 is 0 Å². The average Bonchev–Trinajstić information content (AvgIpc) is 2.84. The van der Waals surface area contributed by atoms with Crippen LogP contribution in [-0.2, 0) is 4.84 Å². The van der Waals surface area contributed by atoms with Gasteiger partial charge in [-0.2, -0.15) is 0 Å². The Labute approximate surface area is 112 Å². The summed E-state index contributed by atoms with van der Waals surface area (Å²) in [6.45, 7) is 6.53. The maximum Gasteiger partial charge on any atom is 0.231 e. The molecule has 1 aromatic carbocycles. The first-order valence-electron chi connectivity index (χ1n) is 6.33. The molecule has 0 amide bonds. The normalized spacial score (nSPS) is 24.8. The van der Waals surface area contributed by atoms with Gasteiger partial charge in [-0.15, -0.1) is 0 Å². The lowest BCUT2D eigenvalue weighted by atomic mass is 9.95. The standard InChI is InChI=1S/C14H18N2O3/c1-9-14(2,3)16(4)13(19-15-9)10-5-6-11-12(7-10)18-8-17-11/h5-7,13H,8H2,1-4H3/t13-/m1/s1. The Bertz CT molecular complexity index is 539. The maximum absolute atomic E-state index is 5.60. The summed E-state index contributed by atoms with van der Waals surface area (Å²) in [5.41, 5.74) is 1.84. The summed E-state index contributed by atoms with van der Waals surface area (Å²) in [7, 11) is 2.04. The fourth-order valence-corrected chi connectivity index (χ4v) is 2.21. The quantitative estimate of drug-likeness (QED) is 0.780. The maximum atomic E-state index is 5.60. The number of fused-ring (bicyclic) bond motifs is 1. The molecule has 0 fully saturated rings. The van der Waals surface area contributed by atoms with Crippen LogP contribution in [0.3, 0.4) is 0 Å². The van der Waals surface area contributed by atoms with Crippen LogP contribution in [0.15, 0.2) is 23.4 Å². The second kappa shape index (κ2) is 4.13. The third-order valence-electron chi connectivity index (χ3n) is 4.09. The van der Waals surface area contributed by atoms with E-state index in [4.69, 9.17) is 14.3 Å². The lowest BCUT2D eigenvalue weighted by Crippen LogP contribution is -2.51. The van der Waals surface area contributed by atoms with Crippen LogP contribution in [0.25, 0.3) is 0 Å². The molecule has 0 N–H and O–H groups in total. The van der Waals surface area contributed by atoms with E-state index in [0.717, 1.165) is 22.8 Å². The van der Waals surface area contributed by atoms with E-state index in [1.165, 1.54) is 0 Å². The van der Waals surface area contributed by atoms with Crippen molar-refractivity contribution in [2.45, 2.75) is 32.5 Å². The van der Waals surface area contributed by atoms with Gasteiger partial charge in [-0.3, -0.25) is 4.90 Å². The van der Waals surface area contributed by atoms with E-state index >= 15 is 0 Å². The Hall–Kier alpha value is -1.75. The molecule has 0 unspecified atom stereocenters. The highest BCUT2D eigenvalue weighted by Crippen LogP contribution is 2.38. The van der Waals surface area contributed by atoms with E-state index in [0.29, 0.717) is 0 Å². The Morgan fingerprint density at radius 3 is 2.79 bits per heavy atom. The molecule has 0 radical (unpaired) electrons. The topological polar surface area (TPSA) is 43.3 Å². The average molecular weight is 262 g/mol. The predicted octanol–water partition coefficient (Wildman–Crippen LogP) is 2.53. The SMILES string of the molecule is CC1=NO[C@H](c2ccc3c(c2)OCO3)N(C)C1(C)C. The highest BCUT2D eigenvalue weighted by Gasteiger charge is 2.38. The van der Waals surface area contributed by atoms with Crippen molar-refractivity contribution in [3.8, 4) is 11.5 Å². The van der Waals surface area contributed by atoms with Gasteiger partial charge in [-0.05, 0) is 46.0 Å². The molecule has 19 heavy (non-hydrogen) atoms. The van der Waals surface area contributed by atoms with Gasteiger partial charge in [-0.1, -0.05) is 5.16 Å². The van der Waals surface area contributed by atoms with Crippen molar-refractivity contribution >= 4 is 5.71 Å². The van der Waals surface area contributed by atoms with Gasteiger partial charge in [0, 0.05) is 5.56 Å². The van der Waals surface area contributed by atoms with Crippen molar-refractivity contribution in [3.05, 3.63) is 23.8 Å². The lowest BCUT2D eigenvalue weighted by molar-refractivity contribution is -0.0934. The molecular weight excluding hydrogens is 244 g/mol. The highest BCUT2D eigenvalue weighted by molar-refractivity contribution is 5.90.